The van der Waals surface area contributed by atoms with E-state index in [0.29, 0.717) is 5.57 Å². The van der Waals surface area contributed by atoms with E-state index in [9.17, 15) is 19.2 Å². The highest BCUT2D eigenvalue weighted by atomic mass is 32.2. The molecule has 1 aromatic rings. The third kappa shape index (κ3) is 3.79. The Kier molecular flexibility index (Phi) is 6.03. The molecule has 1 N–H and O–H groups in total. The Morgan fingerprint density at radius 3 is 2.66 bits per heavy atom. The monoisotopic (exact) mass is 458 g/mol. The van der Waals surface area contributed by atoms with E-state index < -0.39 is 29.0 Å². The number of thioether (sulfide) groups is 1. The molecule has 170 valence electrons. The zero-order chi connectivity index (χ0) is 23.0. The molecule has 32 heavy (non-hydrogen) atoms. The SMILES string of the molecule is CC(C)COC(=O)C12OC(=O)C=C1[C@H](C)S[C@@H]1[C@H](CNC(=O)Cc3ccccc3)C(=O)N12. The quantitative estimate of drug-likeness (QED) is 0.490. The first kappa shape index (κ1) is 22.4. The average molecular weight is 459 g/mol. The van der Waals surface area contributed by atoms with E-state index in [0.717, 1.165) is 5.56 Å². The van der Waals surface area contributed by atoms with Crippen LogP contribution in [-0.4, -0.2) is 58.2 Å². The Morgan fingerprint density at radius 1 is 1.25 bits per heavy atom. The lowest BCUT2D eigenvalue weighted by Crippen LogP contribution is -2.76. The summed E-state index contributed by atoms with van der Waals surface area (Å²) in [7, 11) is 0. The largest absolute Gasteiger partial charge is 0.461 e. The molecular formula is C23H26N2O6S. The lowest BCUT2D eigenvalue weighted by atomic mass is 9.88. The highest BCUT2D eigenvalue weighted by Gasteiger charge is 2.70. The van der Waals surface area contributed by atoms with E-state index in [-0.39, 0.29) is 42.6 Å². The number of ether oxygens (including phenoxy) is 2. The van der Waals surface area contributed by atoms with Gasteiger partial charge >= 0.3 is 17.7 Å². The van der Waals surface area contributed by atoms with E-state index >= 15 is 0 Å². The lowest BCUT2D eigenvalue weighted by Gasteiger charge is -2.57. The van der Waals surface area contributed by atoms with Gasteiger partial charge in [-0.3, -0.25) is 14.5 Å². The molecule has 1 unspecified atom stereocenters. The van der Waals surface area contributed by atoms with Crippen LogP contribution in [0.3, 0.4) is 0 Å². The molecule has 8 nitrogen and oxygen atoms in total. The highest BCUT2D eigenvalue weighted by molar-refractivity contribution is 8.00. The number of benzene rings is 1. The Hall–Kier alpha value is -2.81. The summed E-state index contributed by atoms with van der Waals surface area (Å²) in [6.07, 6.45) is 1.50. The smallest absolute Gasteiger partial charge is 0.377 e. The van der Waals surface area contributed by atoms with Crippen LogP contribution in [-0.2, 0) is 35.1 Å². The van der Waals surface area contributed by atoms with Gasteiger partial charge in [-0.15, -0.1) is 11.8 Å². The van der Waals surface area contributed by atoms with E-state index in [1.54, 1.807) is 0 Å². The summed E-state index contributed by atoms with van der Waals surface area (Å²) in [6.45, 7) is 5.96. The van der Waals surface area contributed by atoms with Crippen LogP contribution in [0.2, 0.25) is 0 Å². The number of nitrogens with zero attached hydrogens (tertiary/aromatic N) is 1. The van der Waals surface area contributed by atoms with Gasteiger partial charge in [-0.2, -0.15) is 0 Å². The van der Waals surface area contributed by atoms with Crippen LogP contribution in [0.25, 0.3) is 0 Å². The van der Waals surface area contributed by atoms with Crippen molar-refractivity contribution in [2.75, 3.05) is 13.2 Å². The standard InChI is InChI=1S/C23H26N2O6S/c1-13(2)12-30-22(29)23-17(10-19(27)31-23)14(3)32-21-16(20(28)25(21)23)11-24-18(26)9-15-7-5-4-6-8-15/h4-8,10,13-14,16,21H,9,11-12H2,1-3H3,(H,24,26)/t14-,16+,21+,23?/m0/s1. The molecule has 0 radical (unpaired) electrons. The minimum absolute atomic E-state index is 0.0886. The first-order valence-electron chi connectivity index (χ1n) is 10.7. The second-order valence-corrected chi connectivity index (χ2v) is 10.1. The van der Waals surface area contributed by atoms with Crippen LogP contribution < -0.4 is 5.32 Å². The van der Waals surface area contributed by atoms with Crippen molar-refractivity contribution < 1.29 is 28.7 Å². The summed E-state index contributed by atoms with van der Waals surface area (Å²) in [5.41, 5.74) is -0.535. The number of carbonyl (C=O) groups is 4. The molecule has 3 aliphatic heterocycles. The van der Waals surface area contributed by atoms with Crippen LogP contribution in [0.5, 0.6) is 0 Å². The van der Waals surface area contributed by atoms with Crippen LogP contribution in [0.4, 0.5) is 0 Å². The molecule has 2 saturated heterocycles. The van der Waals surface area contributed by atoms with E-state index in [1.807, 2.05) is 51.1 Å². The van der Waals surface area contributed by atoms with Crippen molar-refractivity contribution in [3.8, 4) is 0 Å². The van der Waals surface area contributed by atoms with Crippen molar-refractivity contribution in [3.05, 3.63) is 47.5 Å². The molecular weight excluding hydrogens is 432 g/mol. The summed E-state index contributed by atoms with van der Waals surface area (Å²) in [6, 6.07) is 9.33. The average Bonchev–Trinajstić information content (AvgIpc) is 3.10. The zero-order valence-corrected chi connectivity index (χ0v) is 19.0. The van der Waals surface area contributed by atoms with Gasteiger partial charge in [0.05, 0.1) is 24.3 Å². The zero-order valence-electron chi connectivity index (χ0n) is 18.2. The van der Waals surface area contributed by atoms with Crippen LogP contribution in [0, 0.1) is 11.8 Å². The number of fused-ring (bicyclic) bond motifs is 3. The van der Waals surface area contributed by atoms with Gasteiger partial charge in [0.2, 0.25) is 11.8 Å². The molecule has 1 aromatic carbocycles. The fourth-order valence-corrected chi connectivity index (χ4v) is 5.76. The van der Waals surface area contributed by atoms with Crippen molar-refractivity contribution in [2.45, 2.75) is 43.5 Å². The van der Waals surface area contributed by atoms with Gasteiger partial charge in [-0.05, 0) is 18.4 Å². The normalized spacial score (nSPS) is 28.3. The molecule has 0 spiro atoms. The minimum atomic E-state index is -1.84. The second-order valence-electron chi connectivity index (χ2n) is 8.61. The van der Waals surface area contributed by atoms with Crippen molar-refractivity contribution in [1.82, 2.24) is 10.2 Å². The highest BCUT2D eigenvalue weighted by Crippen LogP contribution is 2.54. The Balaban J connectivity index is 1.48. The van der Waals surface area contributed by atoms with Crippen molar-refractivity contribution in [2.24, 2.45) is 11.8 Å². The molecule has 4 atom stereocenters. The molecule has 0 bridgehead atoms. The molecule has 0 saturated carbocycles. The second kappa shape index (κ2) is 8.61. The summed E-state index contributed by atoms with van der Waals surface area (Å²) in [4.78, 5) is 52.0. The first-order valence-corrected chi connectivity index (χ1v) is 11.6. The van der Waals surface area contributed by atoms with Gasteiger partial charge in [0.25, 0.3) is 0 Å². The van der Waals surface area contributed by atoms with Gasteiger partial charge in [-0.1, -0.05) is 44.2 Å². The van der Waals surface area contributed by atoms with Crippen LogP contribution >= 0.6 is 11.8 Å². The summed E-state index contributed by atoms with van der Waals surface area (Å²) >= 11 is 1.47. The van der Waals surface area contributed by atoms with Crippen LogP contribution in [0.15, 0.2) is 42.0 Å². The molecule has 3 aliphatic rings. The van der Waals surface area contributed by atoms with E-state index in [4.69, 9.17) is 9.47 Å². The number of amides is 2. The van der Waals surface area contributed by atoms with Crippen molar-refractivity contribution in [3.63, 3.8) is 0 Å². The number of carbonyl (C=O) groups excluding carboxylic acids is 4. The predicted molar refractivity (Wildman–Crippen MR) is 117 cm³/mol. The summed E-state index contributed by atoms with van der Waals surface area (Å²) in [5, 5.41) is 2.18. The van der Waals surface area contributed by atoms with Gasteiger partial charge in [0.1, 0.15) is 0 Å². The molecule has 0 aliphatic carbocycles. The topological polar surface area (TPSA) is 102 Å². The number of hydrogen-bond donors (Lipinski definition) is 1. The summed E-state index contributed by atoms with van der Waals surface area (Å²) < 4.78 is 10.9. The number of hydrogen-bond acceptors (Lipinski definition) is 7. The molecule has 3 heterocycles. The maximum absolute atomic E-state index is 13.1. The van der Waals surface area contributed by atoms with Crippen molar-refractivity contribution in [1.29, 1.82) is 0 Å². The first-order chi connectivity index (χ1) is 15.2. The van der Waals surface area contributed by atoms with Gasteiger partial charge in [0.15, 0.2) is 0 Å². The van der Waals surface area contributed by atoms with E-state index in [1.165, 1.54) is 22.7 Å². The Bertz CT molecular complexity index is 978. The fraction of sp³-hybridized carbons (Fsp3) is 0.478. The minimum Gasteiger partial charge on any atom is -0.461 e. The van der Waals surface area contributed by atoms with Crippen molar-refractivity contribution >= 4 is 35.5 Å². The number of rotatable bonds is 7. The molecule has 0 aromatic heterocycles. The Labute approximate surface area is 190 Å². The predicted octanol–water partition coefficient (Wildman–Crippen LogP) is 1.64. The van der Waals surface area contributed by atoms with Gasteiger partial charge < -0.3 is 14.8 Å². The molecule has 2 amide bonds. The molecule has 2 fully saturated rings. The number of esters is 2. The molecule has 4 rings (SSSR count). The Morgan fingerprint density at radius 2 is 1.97 bits per heavy atom. The number of nitrogens with one attached hydrogen (secondary N) is 1. The van der Waals surface area contributed by atoms with Gasteiger partial charge in [0, 0.05) is 23.4 Å². The maximum atomic E-state index is 13.1. The third-order valence-electron chi connectivity index (χ3n) is 5.74. The van der Waals surface area contributed by atoms with E-state index in [2.05, 4.69) is 5.32 Å². The van der Waals surface area contributed by atoms with Crippen LogP contribution in [0.1, 0.15) is 26.3 Å². The third-order valence-corrected chi connectivity index (χ3v) is 7.22. The number of β-lactam (4-membered cyclic amide) rings is 1. The maximum Gasteiger partial charge on any atom is 0.377 e. The molecule has 9 heteroatoms. The lowest BCUT2D eigenvalue weighted by molar-refractivity contribution is -0.211. The summed E-state index contributed by atoms with van der Waals surface area (Å²) in [5.74, 6) is -2.38. The fourth-order valence-electron chi connectivity index (χ4n) is 4.19. The van der Waals surface area contributed by atoms with Gasteiger partial charge in [-0.25, -0.2) is 9.59 Å².